The van der Waals surface area contributed by atoms with Crippen molar-refractivity contribution in [2.45, 2.75) is 0 Å². The normalized spacial score (nSPS) is 10.0. The summed E-state index contributed by atoms with van der Waals surface area (Å²) < 4.78 is 1.34. The molecular formula is C7H7N5. The van der Waals surface area contributed by atoms with Gasteiger partial charge in [-0.25, -0.2) is 4.68 Å². The molecule has 0 saturated heterocycles. The van der Waals surface area contributed by atoms with Gasteiger partial charge in [0.25, 0.3) is 0 Å². The Morgan fingerprint density at radius 2 is 2.25 bits per heavy atom. The smallest absolute Gasteiger partial charge is 0.200 e. The van der Waals surface area contributed by atoms with Gasteiger partial charge in [0.1, 0.15) is 12.0 Å². The van der Waals surface area contributed by atoms with Crippen LogP contribution in [0.5, 0.6) is 0 Å². The van der Waals surface area contributed by atoms with Gasteiger partial charge in [-0.3, -0.25) is 4.98 Å². The largest absolute Gasteiger partial charge is 0.336 e. The summed E-state index contributed by atoms with van der Waals surface area (Å²) >= 11 is 0. The topological polar surface area (TPSA) is 69.6 Å². The van der Waals surface area contributed by atoms with E-state index < -0.39 is 0 Å². The van der Waals surface area contributed by atoms with E-state index in [4.69, 9.17) is 5.84 Å². The number of nitrogens with two attached hydrogens (primary N) is 1. The second-order valence-corrected chi connectivity index (χ2v) is 2.28. The molecule has 0 aliphatic rings. The van der Waals surface area contributed by atoms with Gasteiger partial charge in [0.05, 0.1) is 0 Å². The highest BCUT2D eigenvalue weighted by Gasteiger charge is 2.03. The van der Waals surface area contributed by atoms with Crippen LogP contribution in [0, 0.1) is 0 Å². The monoisotopic (exact) mass is 161 g/mol. The van der Waals surface area contributed by atoms with Gasteiger partial charge in [-0.05, 0) is 12.1 Å². The molecule has 60 valence electrons. The average molecular weight is 161 g/mol. The highest BCUT2D eigenvalue weighted by atomic mass is 15.4. The van der Waals surface area contributed by atoms with Gasteiger partial charge in [0.15, 0.2) is 0 Å². The van der Waals surface area contributed by atoms with Gasteiger partial charge in [-0.15, -0.1) is 10.2 Å². The molecule has 0 aliphatic carbocycles. The maximum atomic E-state index is 5.52. The van der Waals surface area contributed by atoms with Gasteiger partial charge in [-0.2, -0.15) is 0 Å². The molecule has 2 aromatic rings. The first-order chi connectivity index (χ1) is 5.88. The highest BCUT2D eigenvalue weighted by molar-refractivity contribution is 5.47. The molecule has 5 nitrogen and oxygen atoms in total. The minimum Gasteiger partial charge on any atom is -0.336 e. The molecule has 12 heavy (non-hydrogen) atoms. The molecule has 2 heterocycles. The van der Waals surface area contributed by atoms with Gasteiger partial charge < -0.3 is 5.84 Å². The van der Waals surface area contributed by atoms with Crippen LogP contribution in [0.3, 0.4) is 0 Å². The molecule has 5 heteroatoms. The Morgan fingerprint density at radius 3 is 2.83 bits per heavy atom. The van der Waals surface area contributed by atoms with Crippen LogP contribution < -0.4 is 5.84 Å². The molecule has 0 spiro atoms. The van der Waals surface area contributed by atoms with E-state index in [-0.39, 0.29) is 0 Å². The maximum absolute atomic E-state index is 5.52. The Balaban J connectivity index is 2.51. The summed E-state index contributed by atoms with van der Waals surface area (Å²) in [5.41, 5.74) is 0.720. The van der Waals surface area contributed by atoms with E-state index in [1.807, 2.05) is 18.2 Å². The predicted octanol–water partition coefficient (Wildman–Crippen LogP) is 0.0539. The van der Waals surface area contributed by atoms with E-state index in [0.717, 1.165) is 5.69 Å². The van der Waals surface area contributed by atoms with Crippen LogP contribution in [-0.4, -0.2) is 19.9 Å². The molecule has 2 aromatic heterocycles. The molecule has 0 amide bonds. The van der Waals surface area contributed by atoms with E-state index in [2.05, 4.69) is 15.2 Å². The predicted molar refractivity (Wildman–Crippen MR) is 43.4 cm³/mol. The third kappa shape index (κ3) is 1.01. The van der Waals surface area contributed by atoms with Crippen molar-refractivity contribution in [3.63, 3.8) is 0 Å². The lowest BCUT2D eigenvalue weighted by molar-refractivity contribution is 0.997. The molecule has 2 rings (SSSR count). The highest BCUT2D eigenvalue weighted by Crippen LogP contribution is 2.09. The first-order valence-corrected chi connectivity index (χ1v) is 3.44. The van der Waals surface area contributed by atoms with Gasteiger partial charge in [0.2, 0.25) is 5.82 Å². The summed E-state index contributed by atoms with van der Waals surface area (Å²) in [5, 5.41) is 7.46. The van der Waals surface area contributed by atoms with Crippen molar-refractivity contribution in [3.8, 4) is 11.5 Å². The van der Waals surface area contributed by atoms with Crippen molar-refractivity contribution < 1.29 is 0 Å². The van der Waals surface area contributed by atoms with E-state index >= 15 is 0 Å². The Labute approximate surface area is 68.8 Å². The Hall–Kier alpha value is -1.91. The summed E-state index contributed by atoms with van der Waals surface area (Å²) in [6, 6.07) is 5.53. The number of hydrogen-bond acceptors (Lipinski definition) is 4. The summed E-state index contributed by atoms with van der Waals surface area (Å²) in [5.74, 6) is 6.09. The Morgan fingerprint density at radius 1 is 1.33 bits per heavy atom. The minimum atomic E-state index is 0.565. The molecule has 0 bridgehead atoms. The zero-order chi connectivity index (χ0) is 8.39. The fraction of sp³-hybridized carbons (Fsp3) is 0. The zero-order valence-electron chi connectivity index (χ0n) is 6.25. The van der Waals surface area contributed by atoms with E-state index in [9.17, 15) is 0 Å². The number of pyridine rings is 1. The molecule has 0 aromatic carbocycles. The molecule has 0 saturated carbocycles. The molecular weight excluding hydrogens is 154 g/mol. The fourth-order valence-corrected chi connectivity index (χ4v) is 0.921. The minimum absolute atomic E-state index is 0.565. The van der Waals surface area contributed by atoms with Crippen LogP contribution in [0.15, 0.2) is 30.7 Å². The third-order valence-electron chi connectivity index (χ3n) is 1.47. The van der Waals surface area contributed by atoms with Crippen molar-refractivity contribution in [1.82, 2.24) is 19.9 Å². The number of hydrogen-bond donors (Lipinski definition) is 1. The van der Waals surface area contributed by atoms with Gasteiger partial charge >= 0.3 is 0 Å². The van der Waals surface area contributed by atoms with Crippen LogP contribution in [0.25, 0.3) is 11.5 Å². The summed E-state index contributed by atoms with van der Waals surface area (Å²) in [7, 11) is 0. The molecule has 0 fully saturated rings. The molecule has 0 radical (unpaired) electrons. The first kappa shape index (κ1) is 6.78. The fourth-order valence-electron chi connectivity index (χ4n) is 0.921. The molecule has 0 aliphatic heterocycles. The lowest BCUT2D eigenvalue weighted by Crippen LogP contribution is -2.08. The zero-order valence-corrected chi connectivity index (χ0v) is 6.25. The van der Waals surface area contributed by atoms with Crippen LogP contribution in [0.4, 0.5) is 0 Å². The Bertz CT molecular complexity index is 366. The van der Waals surface area contributed by atoms with Crippen molar-refractivity contribution in [3.05, 3.63) is 30.7 Å². The Kier molecular flexibility index (Phi) is 1.48. The van der Waals surface area contributed by atoms with Crippen molar-refractivity contribution in [2.24, 2.45) is 0 Å². The number of rotatable bonds is 1. The average Bonchev–Trinajstić information content (AvgIpc) is 2.53. The summed E-state index contributed by atoms with van der Waals surface area (Å²) in [4.78, 5) is 4.08. The number of nitrogens with zero attached hydrogens (tertiary/aromatic N) is 4. The second-order valence-electron chi connectivity index (χ2n) is 2.28. The van der Waals surface area contributed by atoms with Crippen LogP contribution in [-0.2, 0) is 0 Å². The standard InChI is InChI=1S/C7H7N5/c8-12-5-10-11-7(12)6-3-1-2-4-9-6/h1-5H,8H2. The molecule has 0 unspecified atom stereocenters. The van der Waals surface area contributed by atoms with Gasteiger partial charge in [-0.1, -0.05) is 6.07 Å². The van der Waals surface area contributed by atoms with Crippen molar-refractivity contribution in [1.29, 1.82) is 0 Å². The number of nitrogen functional groups attached to an aromatic ring is 1. The SMILES string of the molecule is Nn1cnnc1-c1ccccn1. The van der Waals surface area contributed by atoms with Crippen LogP contribution >= 0.6 is 0 Å². The van der Waals surface area contributed by atoms with E-state index in [0.29, 0.717) is 5.82 Å². The van der Waals surface area contributed by atoms with E-state index in [1.165, 1.54) is 11.0 Å². The maximum Gasteiger partial charge on any atom is 0.200 e. The van der Waals surface area contributed by atoms with Crippen LogP contribution in [0.1, 0.15) is 0 Å². The lowest BCUT2D eigenvalue weighted by atomic mass is 10.3. The third-order valence-corrected chi connectivity index (χ3v) is 1.47. The molecule has 2 N–H and O–H groups in total. The van der Waals surface area contributed by atoms with Crippen molar-refractivity contribution in [2.75, 3.05) is 5.84 Å². The number of aromatic nitrogens is 4. The first-order valence-electron chi connectivity index (χ1n) is 3.44. The summed E-state index contributed by atoms with van der Waals surface area (Å²) in [6.45, 7) is 0. The quantitative estimate of drug-likeness (QED) is 0.600. The van der Waals surface area contributed by atoms with Crippen molar-refractivity contribution >= 4 is 0 Å². The van der Waals surface area contributed by atoms with Gasteiger partial charge in [0, 0.05) is 6.20 Å². The lowest BCUT2D eigenvalue weighted by Gasteiger charge is -1.96. The summed E-state index contributed by atoms with van der Waals surface area (Å²) in [6.07, 6.45) is 3.12. The van der Waals surface area contributed by atoms with Crippen LogP contribution in [0.2, 0.25) is 0 Å². The van der Waals surface area contributed by atoms with E-state index in [1.54, 1.807) is 6.20 Å². The second kappa shape index (κ2) is 2.61. The molecule has 0 atom stereocenters.